The van der Waals surface area contributed by atoms with Crippen LogP contribution in [0.4, 0.5) is 17.6 Å². The summed E-state index contributed by atoms with van der Waals surface area (Å²) in [5.41, 5.74) is -1.45. The van der Waals surface area contributed by atoms with Crippen LogP contribution in [0.25, 0.3) is 0 Å². The van der Waals surface area contributed by atoms with E-state index in [1.165, 1.54) is 0 Å². The molecule has 0 unspecified atom stereocenters. The Morgan fingerprint density at radius 1 is 1.33 bits per heavy atom. The molecule has 0 aliphatic carbocycles. The summed E-state index contributed by atoms with van der Waals surface area (Å²) in [4.78, 5) is 11.4. The summed E-state index contributed by atoms with van der Waals surface area (Å²) in [6.45, 7) is 2.88. The molecule has 0 bridgehead atoms. The summed E-state index contributed by atoms with van der Waals surface area (Å²) < 4.78 is 50.5. The Balaban J connectivity index is 2.89. The molecule has 1 heterocycles. The van der Waals surface area contributed by atoms with Crippen LogP contribution in [0.3, 0.4) is 0 Å². The zero-order valence-electron chi connectivity index (χ0n) is 9.83. The third-order valence-electron chi connectivity index (χ3n) is 2.02. The molecule has 1 aromatic heterocycles. The first-order valence-corrected chi connectivity index (χ1v) is 5.24. The Morgan fingerprint density at radius 3 is 2.39 bits per heavy atom. The van der Waals surface area contributed by atoms with Crippen molar-refractivity contribution >= 4 is 5.91 Å². The number of halogens is 4. The van der Waals surface area contributed by atoms with E-state index in [2.05, 4.69) is 10.4 Å². The molecule has 0 aromatic carbocycles. The molecule has 0 radical (unpaired) electrons. The number of amides is 1. The maximum absolute atomic E-state index is 12.6. The monoisotopic (exact) mass is 267 g/mol. The van der Waals surface area contributed by atoms with Gasteiger partial charge >= 0.3 is 0 Å². The molecule has 0 fully saturated rings. The van der Waals surface area contributed by atoms with Crippen molar-refractivity contribution in [2.75, 3.05) is 0 Å². The van der Waals surface area contributed by atoms with E-state index in [0.717, 1.165) is 0 Å². The lowest BCUT2D eigenvalue weighted by Gasteiger charge is -2.10. The third kappa shape index (κ3) is 3.71. The number of hydrogen-bond acceptors (Lipinski definition) is 2. The number of rotatable bonds is 5. The number of carbonyl (C=O) groups is 1. The summed E-state index contributed by atoms with van der Waals surface area (Å²) in [5, 5.41) is 5.77. The van der Waals surface area contributed by atoms with Crippen LogP contribution >= 0.6 is 0 Å². The normalized spacial score (nSPS) is 11.6. The van der Waals surface area contributed by atoms with Crippen LogP contribution in [0.2, 0.25) is 0 Å². The summed E-state index contributed by atoms with van der Waals surface area (Å²) in [7, 11) is 0. The predicted octanol–water partition coefficient (Wildman–Crippen LogP) is 2.28. The van der Waals surface area contributed by atoms with E-state index in [4.69, 9.17) is 0 Å². The second-order valence-corrected chi connectivity index (χ2v) is 3.98. The number of nitrogens with one attached hydrogen (secondary N) is 1. The molecule has 8 heteroatoms. The molecule has 0 aliphatic heterocycles. The van der Waals surface area contributed by atoms with Gasteiger partial charge in [-0.3, -0.25) is 9.48 Å². The first-order valence-electron chi connectivity index (χ1n) is 5.24. The van der Waals surface area contributed by atoms with Crippen LogP contribution in [-0.4, -0.2) is 21.7 Å². The number of nitrogens with zero attached hydrogens (tertiary/aromatic N) is 2. The Kier molecular flexibility index (Phi) is 4.69. The largest absolute Gasteiger partial charge is 0.352 e. The van der Waals surface area contributed by atoms with Crippen LogP contribution in [0, 0.1) is 0 Å². The van der Waals surface area contributed by atoms with E-state index < -0.39 is 36.7 Å². The van der Waals surface area contributed by atoms with Crippen molar-refractivity contribution in [3.63, 3.8) is 0 Å². The lowest BCUT2D eigenvalue weighted by Crippen LogP contribution is -2.33. The van der Waals surface area contributed by atoms with Crippen molar-refractivity contribution in [2.45, 2.75) is 39.3 Å². The molecule has 1 aromatic rings. The number of hydrogen-bond donors (Lipinski definition) is 1. The Bertz CT molecular complexity index is 417. The Hall–Kier alpha value is -1.60. The maximum Gasteiger partial charge on any atom is 0.282 e. The van der Waals surface area contributed by atoms with E-state index in [1.54, 1.807) is 13.8 Å². The van der Waals surface area contributed by atoms with Gasteiger partial charge in [0.05, 0.1) is 0 Å². The van der Waals surface area contributed by atoms with Gasteiger partial charge in [0.1, 0.15) is 17.9 Å². The van der Waals surface area contributed by atoms with Gasteiger partial charge in [0, 0.05) is 6.04 Å². The molecule has 1 N–H and O–H groups in total. The fourth-order valence-corrected chi connectivity index (χ4v) is 1.36. The zero-order chi connectivity index (χ0) is 13.9. The number of aromatic nitrogens is 2. The molecule has 1 rings (SSSR count). The van der Waals surface area contributed by atoms with E-state index in [0.29, 0.717) is 10.7 Å². The molecule has 4 nitrogen and oxygen atoms in total. The highest BCUT2D eigenvalue weighted by atomic mass is 19.3. The predicted molar refractivity (Wildman–Crippen MR) is 55.4 cm³/mol. The molecule has 102 valence electrons. The van der Waals surface area contributed by atoms with Gasteiger partial charge in [0.25, 0.3) is 12.9 Å². The second kappa shape index (κ2) is 5.83. The lowest BCUT2D eigenvalue weighted by atomic mass is 10.3. The van der Waals surface area contributed by atoms with E-state index in [9.17, 15) is 22.4 Å². The lowest BCUT2D eigenvalue weighted by molar-refractivity contribution is -0.122. The molecule has 0 aliphatic rings. The molecule has 0 saturated carbocycles. The van der Waals surface area contributed by atoms with Crippen molar-refractivity contribution in [2.24, 2.45) is 0 Å². The van der Waals surface area contributed by atoms with Crippen molar-refractivity contribution < 1.29 is 22.4 Å². The van der Waals surface area contributed by atoms with Crippen LogP contribution in [-0.2, 0) is 11.3 Å². The molecule has 0 saturated heterocycles. The molecule has 0 spiro atoms. The van der Waals surface area contributed by atoms with Gasteiger partial charge in [-0.2, -0.15) is 5.10 Å². The van der Waals surface area contributed by atoms with Gasteiger partial charge < -0.3 is 5.32 Å². The van der Waals surface area contributed by atoms with Gasteiger partial charge in [0.2, 0.25) is 5.91 Å². The van der Waals surface area contributed by atoms with Gasteiger partial charge in [-0.1, -0.05) is 0 Å². The minimum atomic E-state index is -2.96. The summed E-state index contributed by atoms with van der Waals surface area (Å²) in [5.74, 6) is -0.559. The smallest absolute Gasteiger partial charge is 0.282 e. The number of alkyl halides is 4. The SMILES string of the molecule is CC(C)NC(=O)Cn1nc(C(F)F)cc1C(F)F. The van der Waals surface area contributed by atoms with E-state index >= 15 is 0 Å². The van der Waals surface area contributed by atoms with Crippen molar-refractivity contribution in [1.82, 2.24) is 15.1 Å². The quantitative estimate of drug-likeness (QED) is 0.832. The molecule has 18 heavy (non-hydrogen) atoms. The van der Waals surface area contributed by atoms with Crippen molar-refractivity contribution in [1.29, 1.82) is 0 Å². The van der Waals surface area contributed by atoms with E-state index in [1.807, 2.05) is 0 Å². The first kappa shape index (κ1) is 14.5. The average Bonchev–Trinajstić information content (AvgIpc) is 2.60. The van der Waals surface area contributed by atoms with Crippen molar-refractivity contribution in [3.05, 3.63) is 17.5 Å². The van der Waals surface area contributed by atoms with Gasteiger partial charge in [-0.25, -0.2) is 17.6 Å². The third-order valence-corrected chi connectivity index (χ3v) is 2.02. The summed E-state index contributed by atoms with van der Waals surface area (Å²) >= 11 is 0. The fraction of sp³-hybridized carbons (Fsp3) is 0.600. The minimum Gasteiger partial charge on any atom is -0.352 e. The van der Waals surface area contributed by atoms with Crippen LogP contribution < -0.4 is 5.32 Å². The summed E-state index contributed by atoms with van der Waals surface area (Å²) in [6, 6.07) is 0.440. The fourth-order valence-electron chi connectivity index (χ4n) is 1.36. The zero-order valence-corrected chi connectivity index (χ0v) is 9.83. The Morgan fingerprint density at radius 2 is 1.94 bits per heavy atom. The highest BCUT2D eigenvalue weighted by Gasteiger charge is 2.22. The minimum absolute atomic E-state index is 0.169. The van der Waals surface area contributed by atoms with Gasteiger partial charge in [0.15, 0.2) is 0 Å². The maximum atomic E-state index is 12.6. The van der Waals surface area contributed by atoms with Crippen LogP contribution in [0.1, 0.15) is 38.1 Å². The molecular formula is C10H13F4N3O. The Labute approximate surface area is 101 Å². The first-order chi connectivity index (χ1) is 8.31. The summed E-state index contributed by atoms with van der Waals surface area (Å²) in [6.07, 6.45) is -5.91. The van der Waals surface area contributed by atoms with Crippen LogP contribution in [0.5, 0.6) is 0 Å². The van der Waals surface area contributed by atoms with Crippen LogP contribution in [0.15, 0.2) is 6.07 Å². The second-order valence-electron chi connectivity index (χ2n) is 3.98. The number of carbonyl (C=O) groups excluding carboxylic acids is 1. The van der Waals surface area contributed by atoms with Gasteiger partial charge in [-0.15, -0.1) is 0 Å². The standard InChI is InChI=1S/C10H13F4N3O/c1-5(2)15-8(18)4-17-7(10(13)14)3-6(16-17)9(11)12/h3,5,9-10H,4H2,1-2H3,(H,15,18). The van der Waals surface area contributed by atoms with E-state index in [-0.39, 0.29) is 6.04 Å². The molecule has 0 atom stereocenters. The molecule has 1 amide bonds. The highest BCUT2D eigenvalue weighted by molar-refractivity contribution is 5.75. The van der Waals surface area contributed by atoms with Gasteiger partial charge in [-0.05, 0) is 19.9 Å². The molecular weight excluding hydrogens is 254 g/mol. The highest BCUT2D eigenvalue weighted by Crippen LogP contribution is 2.24. The average molecular weight is 267 g/mol. The van der Waals surface area contributed by atoms with Crippen molar-refractivity contribution in [3.8, 4) is 0 Å². The topological polar surface area (TPSA) is 46.9 Å².